The van der Waals surface area contributed by atoms with Crippen molar-refractivity contribution in [2.75, 3.05) is 26.2 Å². The van der Waals surface area contributed by atoms with Gasteiger partial charge in [-0.1, -0.05) is 48.5 Å². The molecule has 4 heteroatoms. The summed E-state index contributed by atoms with van der Waals surface area (Å²) in [5, 5.41) is 1.02. The first-order valence-electron chi connectivity index (χ1n) is 9.33. The van der Waals surface area contributed by atoms with Crippen LogP contribution in [0.1, 0.15) is 22.8 Å². The molecule has 2 aromatic carbocycles. The summed E-state index contributed by atoms with van der Waals surface area (Å²) < 4.78 is 0. The maximum Gasteiger partial charge on any atom is 0.181 e. The van der Waals surface area contributed by atoms with Gasteiger partial charge in [0, 0.05) is 55.4 Å². The predicted molar refractivity (Wildman–Crippen MR) is 105 cm³/mol. The van der Waals surface area contributed by atoms with Crippen molar-refractivity contribution in [3.8, 4) is 0 Å². The van der Waals surface area contributed by atoms with Crippen molar-refractivity contribution in [1.82, 2.24) is 14.8 Å². The molecule has 0 aliphatic carbocycles. The topological polar surface area (TPSA) is 39.3 Å². The van der Waals surface area contributed by atoms with Gasteiger partial charge in [-0.15, -0.1) is 0 Å². The molecule has 0 spiro atoms. The number of carbonyl (C=O) groups is 1. The number of hydrogen-bond donors (Lipinski definition) is 1. The second-order valence-corrected chi connectivity index (χ2v) is 7.09. The van der Waals surface area contributed by atoms with Gasteiger partial charge in [0.2, 0.25) is 0 Å². The lowest BCUT2D eigenvalue weighted by Gasteiger charge is -2.37. The smallest absolute Gasteiger partial charge is 0.181 e. The van der Waals surface area contributed by atoms with Crippen molar-refractivity contribution in [1.29, 1.82) is 0 Å². The second-order valence-electron chi connectivity index (χ2n) is 7.09. The lowest BCUT2D eigenvalue weighted by atomic mass is 10.0. The Hall–Kier alpha value is -2.43. The summed E-state index contributed by atoms with van der Waals surface area (Å²) in [6.45, 7) is 6.89. The molecule has 1 unspecified atom stereocenters. The van der Waals surface area contributed by atoms with Gasteiger partial charge in [-0.2, -0.15) is 0 Å². The normalized spacial score (nSPS) is 17.4. The molecule has 1 atom stereocenters. The van der Waals surface area contributed by atoms with E-state index in [1.54, 1.807) is 0 Å². The number of aromatic nitrogens is 1. The monoisotopic (exact) mass is 347 g/mol. The van der Waals surface area contributed by atoms with E-state index in [-0.39, 0.29) is 11.8 Å². The summed E-state index contributed by atoms with van der Waals surface area (Å²) in [5.74, 6) is 0.207. The van der Waals surface area contributed by atoms with E-state index in [9.17, 15) is 4.79 Å². The number of rotatable bonds is 5. The maximum atomic E-state index is 13.0. The Labute approximate surface area is 154 Å². The first-order chi connectivity index (χ1) is 12.7. The lowest BCUT2D eigenvalue weighted by molar-refractivity contribution is 0.0689. The minimum absolute atomic E-state index is 0.0897. The average molecular weight is 347 g/mol. The number of ketones is 1. The third kappa shape index (κ3) is 3.43. The SMILES string of the molecule is CC(C(=O)c1c[nH]c2ccccc12)N1CCN(Cc2ccccc2)CC1. The standard InChI is InChI=1S/C22H25N3O/c1-17(22(26)20-15-23-21-10-6-5-9-19(20)21)25-13-11-24(12-14-25)16-18-7-3-2-4-8-18/h2-10,15,17,23H,11-14,16H2,1H3. The third-order valence-electron chi connectivity index (χ3n) is 5.44. The molecule has 1 aromatic heterocycles. The van der Waals surface area contributed by atoms with Crippen molar-refractivity contribution in [2.24, 2.45) is 0 Å². The zero-order valence-electron chi connectivity index (χ0n) is 15.2. The van der Waals surface area contributed by atoms with E-state index in [1.807, 2.05) is 37.4 Å². The number of fused-ring (bicyclic) bond motifs is 1. The van der Waals surface area contributed by atoms with Gasteiger partial charge in [0.05, 0.1) is 6.04 Å². The molecule has 1 fully saturated rings. The van der Waals surface area contributed by atoms with Gasteiger partial charge in [0.15, 0.2) is 5.78 Å². The van der Waals surface area contributed by atoms with Gasteiger partial charge in [-0.3, -0.25) is 14.6 Å². The average Bonchev–Trinajstić information content (AvgIpc) is 3.12. The number of nitrogens with one attached hydrogen (secondary N) is 1. The van der Waals surface area contributed by atoms with E-state index in [4.69, 9.17) is 0 Å². The van der Waals surface area contributed by atoms with E-state index < -0.39 is 0 Å². The van der Waals surface area contributed by atoms with Crippen LogP contribution in [0.15, 0.2) is 60.8 Å². The molecule has 1 aliphatic rings. The van der Waals surface area contributed by atoms with E-state index in [2.05, 4.69) is 45.1 Å². The van der Waals surface area contributed by atoms with Gasteiger partial charge in [0.1, 0.15) is 0 Å². The molecule has 4 rings (SSSR count). The molecule has 0 amide bonds. The van der Waals surface area contributed by atoms with Crippen LogP contribution in [0.4, 0.5) is 0 Å². The predicted octanol–water partition coefficient (Wildman–Crippen LogP) is 3.56. The molecule has 0 saturated carbocycles. The van der Waals surface area contributed by atoms with Crippen LogP contribution in [0.3, 0.4) is 0 Å². The number of para-hydroxylation sites is 1. The Morgan fingerprint density at radius 1 is 1.00 bits per heavy atom. The van der Waals surface area contributed by atoms with Crippen LogP contribution in [0.2, 0.25) is 0 Å². The number of nitrogens with zero attached hydrogens (tertiary/aromatic N) is 2. The first-order valence-corrected chi connectivity index (χ1v) is 9.33. The zero-order valence-corrected chi connectivity index (χ0v) is 15.2. The number of hydrogen-bond acceptors (Lipinski definition) is 3. The van der Waals surface area contributed by atoms with Crippen molar-refractivity contribution in [3.63, 3.8) is 0 Å². The van der Waals surface area contributed by atoms with E-state index >= 15 is 0 Å². The number of aromatic amines is 1. The van der Waals surface area contributed by atoms with Crippen LogP contribution in [0, 0.1) is 0 Å². The summed E-state index contributed by atoms with van der Waals surface area (Å²) in [6.07, 6.45) is 1.86. The van der Waals surface area contributed by atoms with Crippen LogP contribution in [0.5, 0.6) is 0 Å². The highest BCUT2D eigenvalue weighted by Crippen LogP contribution is 2.21. The Bertz CT molecular complexity index is 879. The highest BCUT2D eigenvalue weighted by Gasteiger charge is 2.27. The Morgan fingerprint density at radius 2 is 1.69 bits per heavy atom. The highest BCUT2D eigenvalue weighted by molar-refractivity contribution is 6.10. The van der Waals surface area contributed by atoms with Crippen molar-refractivity contribution in [2.45, 2.75) is 19.5 Å². The first kappa shape index (κ1) is 17.0. The van der Waals surface area contributed by atoms with Gasteiger partial charge >= 0.3 is 0 Å². The quantitative estimate of drug-likeness (QED) is 0.718. The van der Waals surface area contributed by atoms with E-state index in [0.29, 0.717) is 0 Å². The maximum absolute atomic E-state index is 13.0. The molecule has 4 nitrogen and oxygen atoms in total. The number of carbonyl (C=O) groups excluding carboxylic acids is 1. The fraction of sp³-hybridized carbons (Fsp3) is 0.318. The minimum Gasteiger partial charge on any atom is -0.360 e. The molecule has 0 bridgehead atoms. The zero-order chi connectivity index (χ0) is 17.9. The molecule has 1 aliphatic heterocycles. The number of piperazine rings is 1. The minimum atomic E-state index is -0.0897. The summed E-state index contributed by atoms with van der Waals surface area (Å²) in [5.41, 5.74) is 3.18. The van der Waals surface area contributed by atoms with E-state index in [1.165, 1.54) is 5.56 Å². The van der Waals surface area contributed by atoms with Gasteiger partial charge in [-0.05, 0) is 18.6 Å². The Morgan fingerprint density at radius 3 is 2.46 bits per heavy atom. The Balaban J connectivity index is 1.39. The fourth-order valence-corrected chi connectivity index (χ4v) is 3.82. The molecule has 3 aromatic rings. The third-order valence-corrected chi connectivity index (χ3v) is 5.44. The summed E-state index contributed by atoms with van der Waals surface area (Å²) in [7, 11) is 0. The van der Waals surface area contributed by atoms with Gasteiger partial charge in [0.25, 0.3) is 0 Å². The van der Waals surface area contributed by atoms with Gasteiger partial charge < -0.3 is 4.98 Å². The van der Waals surface area contributed by atoms with Crippen LogP contribution >= 0.6 is 0 Å². The molecule has 134 valence electrons. The van der Waals surface area contributed by atoms with Crippen molar-refractivity contribution < 1.29 is 4.79 Å². The molecule has 2 heterocycles. The molecule has 1 N–H and O–H groups in total. The van der Waals surface area contributed by atoms with Crippen LogP contribution in [-0.2, 0) is 6.54 Å². The number of Topliss-reactive ketones (excluding diaryl/α,β-unsaturated/α-hetero) is 1. The highest BCUT2D eigenvalue weighted by atomic mass is 16.1. The largest absolute Gasteiger partial charge is 0.360 e. The van der Waals surface area contributed by atoms with Crippen LogP contribution < -0.4 is 0 Å². The van der Waals surface area contributed by atoms with Gasteiger partial charge in [-0.25, -0.2) is 0 Å². The van der Waals surface area contributed by atoms with Crippen molar-refractivity contribution in [3.05, 3.63) is 71.9 Å². The summed E-state index contributed by atoms with van der Waals surface area (Å²) in [4.78, 5) is 21.0. The molecule has 26 heavy (non-hydrogen) atoms. The summed E-state index contributed by atoms with van der Waals surface area (Å²) >= 11 is 0. The molecule has 0 radical (unpaired) electrons. The van der Waals surface area contributed by atoms with E-state index in [0.717, 1.165) is 49.2 Å². The Kier molecular flexibility index (Phi) is 4.87. The van der Waals surface area contributed by atoms with Crippen molar-refractivity contribution >= 4 is 16.7 Å². The van der Waals surface area contributed by atoms with Crippen LogP contribution in [0.25, 0.3) is 10.9 Å². The number of H-pyrrole nitrogens is 1. The fourth-order valence-electron chi connectivity index (χ4n) is 3.82. The molecular weight excluding hydrogens is 322 g/mol. The molecular formula is C22H25N3O. The number of benzene rings is 2. The lowest BCUT2D eigenvalue weighted by Crippen LogP contribution is -2.51. The molecule has 1 saturated heterocycles. The van der Waals surface area contributed by atoms with Crippen LogP contribution in [-0.4, -0.2) is 52.8 Å². The summed E-state index contributed by atoms with van der Waals surface area (Å²) in [6, 6.07) is 18.5. The second kappa shape index (κ2) is 7.44.